The van der Waals surface area contributed by atoms with Gasteiger partial charge in [0, 0.05) is 12.1 Å². The lowest BCUT2D eigenvalue weighted by molar-refractivity contribution is 0.570. The zero-order valence-corrected chi connectivity index (χ0v) is 9.79. The van der Waals surface area contributed by atoms with Crippen molar-refractivity contribution in [2.75, 3.05) is 6.54 Å². The van der Waals surface area contributed by atoms with Gasteiger partial charge in [0.15, 0.2) is 12.2 Å². The second-order valence-electron chi connectivity index (χ2n) is 3.39. The van der Waals surface area contributed by atoms with Gasteiger partial charge in [-0.3, -0.25) is 0 Å². The Kier molecular flexibility index (Phi) is 3.59. The topological polar surface area (TPSA) is 38.1 Å². The summed E-state index contributed by atoms with van der Waals surface area (Å²) in [5.41, 5.74) is 1.77. The van der Waals surface area contributed by atoms with Crippen LogP contribution in [0.25, 0.3) is 11.3 Å². The Balaban J connectivity index is 2.33. The second-order valence-corrected chi connectivity index (χ2v) is 3.80. The largest absolute Gasteiger partial charge is 0.443 e. The van der Waals surface area contributed by atoms with Crippen molar-refractivity contribution in [3.8, 4) is 11.3 Å². The monoisotopic (exact) mass is 236 g/mol. The van der Waals surface area contributed by atoms with Crippen molar-refractivity contribution in [1.82, 2.24) is 10.3 Å². The van der Waals surface area contributed by atoms with Crippen LogP contribution in [0.2, 0.25) is 5.02 Å². The fourth-order valence-corrected chi connectivity index (χ4v) is 1.72. The normalized spacial score (nSPS) is 10.6. The molecule has 1 heterocycles. The third-order valence-corrected chi connectivity index (χ3v) is 2.63. The number of aromatic nitrogens is 1. The van der Waals surface area contributed by atoms with Crippen molar-refractivity contribution in [1.29, 1.82) is 0 Å². The van der Waals surface area contributed by atoms with Crippen LogP contribution in [0.15, 0.2) is 35.1 Å². The Morgan fingerprint density at radius 2 is 2.19 bits per heavy atom. The maximum atomic E-state index is 6.11. The Labute approximate surface area is 99.5 Å². The van der Waals surface area contributed by atoms with Gasteiger partial charge >= 0.3 is 0 Å². The zero-order valence-electron chi connectivity index (χ0n) is 9.03. The molecule has 1 aromatic heterocycles. The predicted octanol–water partition coefficient (Wildman–Crippen LogP) is 3.10. The summed E-state index contributed by atoms with van der Waals surface area (Å²) < 4.78 is 5.39. The van der Waals surface area contributed by atoms with E-state index in [0.717, 1.165) is 23.6 Å². The van der Waals surface area contributed by atoms with Crippen molar-refractivity contribution >= 4 is 11.6 Å². The molecule has 1 N–H and O–H groups in total. The van der Waals surface area contributed by atoms with Gasteiger partial charge in [0.25, 0.3) is 0 Å². The van der Waals surface area contributed by atoms with E-state index >= 15 is 0 Å². The molecule has 0 saturated heterocycles. The van der Waals surface area contributed by atoms with Crippen LogP contribution >= 0.6 is 11.6 Å². The van der Waals surface area contributed by atoms with Gasteiger partial charge in [-0.05, 0) is 18.7 Å². The lowest BCUT2D eigenvalue weighted by Crippen LogP contribution is -2.12. The van der Waals surface area contributed by atoms with Crippen LogP contribution < -0.4 is 5.32 Å². The highest BCUT2D eigenvalue weighted by molar-refractivity contribution is 6.33. The highest BCUT2D eigenvalue weighted by Crippen LogP contribution is 2.29. The van der Waals surface area contributed by atoms with E-state index in [2.05, 4.69) is 17.2 Å². The van der Waals surface area contributed by atoms with Crippen LogP contribution in [0.4, 0.5) is 0 Å². The maximum absolute atomic E-state index is 6.11. The van der Waals surface area contributed by atoms with E-state index in [0.29, 0.717) is 11.6 Å². The summed E-state index contributed by atoms with van der Waals surface area (Å²) in [4.78, 5) is 4.18. The van der Waals surface area contributed by atoms with E-state index in [-0.39, 0.29) is 0 Å². The lowest BCUT2D eigenvalue weighted by atomic mass is 10.1. The fraction of sp³-hybridized carbons (Fsp3) is 0.250. The van der Waals surface area contributed by atoms with Gasteiger partial charge in [-0.15, -0.1) is 0 Å². The summed E-state index contributed by atoms with van der Waals surface area (Å²) in [7, 11) is 0. The van der Waals surface area contributed by atoms with Crippen LogP contribution in [-0.2, 0) is 6.54 Å². The zero-order chi connectivity index (χ0) is 11.4. The summed E-state index contributed by atoms with van der Waals surface area (Å²) in [6.45, 7) is 3.64. The molecule has 0 unspecified atom stereocenters. The van der Waals surface area contributed by atoms with E-state index in [1.54, 1.807) is 0 Å². The number of rotatable bonds is 4. The Morgan fingerprint density at radius 3 is 2.94 bits per heavy atom. The summed E-state index contributed by atoms with van der Waals surface area (Å²) in [6.07, 6.45) is 1.45. The quantitative estimate of drug-likeness (QED) is 0.887. The molecule has 0 fully saturated rings. The first-order valence-electron chi connectivity index (χ1n) is 5.21. The molecule has 0 saturated carbocycles. The molecule has 0 aliphatic rings. The summed E-state index contributed by atoms with van der Waals surface area (Å²) >= 11 is 6.11. The summed E-state index contributed by atoms with van der Waals surface area (Å²) in [6, 6.07) is 7.60. The van der Waals surface area contributed by atoms with E-state index in [1.807, 2.05) is 24.3 Å². The van der Waals surface area contributed by atoms with Gasteiger partial charge in [0.2, 0.25) is 0 Å². The number of nitrogens with one attached hydrogen (secondary N) is 1. The van der Waals surface area contributed by atoms with Crippen molar-refractivity contribution in [3.05, 3.63) is 41.4 Å². The van der Waals surface area contributed by atoms with E-state index in [9.17, 15) is 0 Å². The average Bonchev–Trinajstić information content (AvgIpc) is 2.75. The number of oxazole rings is 1. The molecule has 0 radical (unpaired) electrons. The lowest BCUT2D eigenvalue weighted by Gasteiger charge is -2.03. The molecular formula is C12H13ClN2O. The first-order chi connectivity index (χ1) is 7.83. The molecule has 1 aromatic carbocycles. The van der Waals surface area contributed by atoms with Crippen LogP contribution in [0, 0.1) is 0 Å². The molecule has 0 atom stereocenters. The first kappa shape index (κ1) is 11.2. The van der Waals surface area contributed by atoms with E-state index in [1.165, 1.54) is 6.39 Å². The highest BCUT2D eigenvalue weighted by Gasteiger charge is 2.12. The minimum absolute atomic E-state index is 0.678. The third kappa shape index (κ3) is 2.26. The van der Waals surface area contributed by atoms with Gasteiger partial charge in [0.05, 0.1) is 5.02 Å². The maximum Gasteiger partial charge on any atom is 0.181 e. The predicted molar refractivity (Wildman–Crippen MR) is 64.3 cm³/mol. The first-order valence-corrected chi connectivity index (χ1v) is 5.58. The van der Waals surface area contributed by atoms with Gasteiger partial charge < -0.3 is 9.73 Å². The van der Waals surface area contributed by atoms with Crippen LogP contribution in [0.3, 0.4) is 0 Å². The molecule has 0 amide bonds. The molecule has 0 bridgehead atoms. The summed E-state index contributed by atoms with van der Waals surface area (Å²) in [5, 5.41) is 3.89. The minimum Gasteiger partial charge on any atom is -0.443 e. The highest BCUT2D eigenvalue weighted by atomic mass is 35.5. The molecular weight excluding hydrogens is 224 g/mol. The molecule has 0 spiro atoms. The standard InChI is InChI=1S/C12H13ClN2O/c1-2-14-7-11-12(16-8-15-11)9-5-3-4-6-10(9)13/h3-6,8,14H,2,7H2,1H3. The Hall–Kier alpha value is -1.32. The molecule has 2 aromatic rings. The minimum atomic E-state index is 0.678. The van der Waals surface area contributed by atoms with Gasteiger partial charge in [-0.1, -0.05) is 30.7 Å². The van der Waals surface area contributed by atoms with Crippen molar-refractivity contribution in [2.24, 2.45) is 0 Å². The van der Waals surface area contributed by atoms with E-state index < -0.39 is 0 Å². The summed E-state index contributed by atoms with van der Waals surface area (Å²) in [5.74, 6) is 0.742. The van der Waals surface area contributed by atoms with Gasteiger partial charge in [-0.25, -0.2) is 4.98 Å². The van der Waals surface area contributed by atoms with Gasteiger partial charge in [0.1, 0.15) is 5.69 Å². The molecule has 0 aliphatic heterocycles. The van der Waals surface area contributed by atoms with Crippen molar-refractivity contribution in [3.63, 3.8) is 0 Å². The molecule has 16 heavy (non-hydrogen) atoms. The van der Waals surface area contributed by atoms with Crippen molar-refractivity contribution < 1.29 is 4.42 Å². The fourth-order valence-electron chi connectivity index (χ4n) is 1.50. The van der Waals surface area contributed by atoms with Gasteiger partial charge in [-0.2, -0.15) is 0 Å². The Bertz CT molecular complexity index is 468. The number of halogens is 1. The second kappa shape index (κ2) is 5.14. The SMILES string of the molecule is CCNCc1ncoc1-c1ccccc1Cl. The average molecular weight is 237 g/mol. The van der Waals surface area contributed by atoms with Crippen LogP contribution in [0.5, 0.6) is 0 Å². The van der Waals surface area contributed by atoms with Crippen LogP contribution in [0.1, 0.15) is 12.6 Å². The smallest absolute Gasteiger partial charge is 0.181 e. The molecule has 84 valence electrons. The third-order valence-electron chi connectivity index (χ3n) is 2.30. The molecule has 2 rings (SSSR count). The number of benzene rings is 1. The van der Waals surface area contributed by atoms with Crippen LogP contribution in [-0.4, -0.2) is 11.5 Å². The van der Waals surface area contributed by atoms with E-state index in [4.69, 9.17) is 16.0 Å². The number of hydrogen-bond acceptors (Lipinski definition) is 3. The molecule has 3 nitrogen and oxygen atoms in total. The number of nitrogens with zero attached hydrogens (tertiary/aromatic N) is 1. The molecule has 0 aliphatic carbocycles. The van der Waals surface area contributed by atoms with Crippen molar-refractivity contribution in [2.45, 2.75) is 13.5 Å². The Morgan fingerprint density at radius 1 is 1.38 bits per heavy atom. The number of hydrogen-bond donors (Lipinski definition) is 1. The molecule has 4 heteroatoms.